The maximum absolute atomic E-state index is 14.7. The minimum atomic E-state index is -0.352. The fourth-order valence-electron chi connectivity index (χ4n) is 4.19. The van der Waals surface area contributed by atoms with Crippen LogP contribution in [0.3, 0.4) is 0 Å². The van der Waals surface area contributed by atoms with Gasteiger partial charge in [0.15, 0.2) is 0 Å². The number of aromatic nitrogens is 1. The topological polar surface area (TPSA) is 86.0 Å². The third-order valence-electron chi connectivity index (χ3n) is 5.83. The normalized spacial score (nSPS) is 17.1. The first-order chi connectivity index (χ1) is 14.3. The molecule has 0 amide bonds. The second-order valence-electron chi connectivity index (χ2n) is 8.21. The minimum absolute atomic E-state index is 0.259. The lowest BCUT2D eigenvalue weighted by Crippen LogP contribution is -2.55. The number of hydrogen-bond acceptors (Lipinski definition) is 5. The largest absolute Gasteiger partial charge is 0.627 e. The summed E-state index contributed by atoms with van der Waals surface area (Å²) in [5.74, 6) is -0.259. The summed E-state index contributed by atoms with van der Waals surface area (Å²) < 4.78 is 14.4. The lowest BCUT2D eigenvalue weighted by atomic mass is 10.0. The van der Waals surface area contributed by atoms with E-state index < -0.39 is 0 Å². The Balaban J connectivity index is 1.75. The van der Waals surface area contributed by atoms with E-state index in [4.69, 9.17) is 5.73 Å². The van der Waals surface area contributed by atoms with E-state index in [1.807, 2.05) is 38.1 Å². The van der Waals surface area contributed by atoms with Crippen molar-refractivity contribution < 1.29 is 4.39 Å². The predicted octanol–water partition coefficient (Wildman–Crippen LogP) is 4.15. The first-order valence-electron chi connectivity index (χ1n) is 10.3. The van der Waals surface area contributed by atoms with Crippen molar-refractivity contribution in [2.45, 2.75) is 26.8 Å². The summed E-state index contributed by atoms with van der Waals surface area (Å²) in [6.07, 6.45) is 0. The molecule has 0 radical (unpaired) electrons. The molecule has 3 aromatic rings. The lowest BCUT2D eigenvalue weighted by Gasteiger charge is -2.45. The standard InChI is InChI=1S/C23H28FN5O/c1-14-10-17(25)12-19(23(14)24)16(3)28-22-11-15(2)27-21-5-4-18(13-20(21)22)29(30)8-6-26-7-9-29/h4-5,10-13,16,26H,6-9,25H2,1-3H3,(H,27,28). The summed E-state index contributed by atoms with van der Waals surface area (Å²) in [4.78, 5) is 4.62. The Morgan fingerprint density at radius 1 is 1.17 bits per heavy atom. The zero-order valence-electron chi connectivity index (χ0n) is 17.6. The molecule has 1 aliphatic heterocycles. The molecule has 7 heteroatoms. The number of nitrogens with zero attached hydrogens (tertiary/aromatic N) is 2. The van der Waals surface area contributed by atoms with Gasteiger partial charge in [0.1, 0.15) is 11.5 Å². The van der Waals surface area contributed by atoms with Crippen molar-refractivity contribution in [3.05, 3.63) is 64.2 Å². The van der Waals surface area contributed by atoms with E-state index in [1.165, 1.54) is 0 Å². The van der Waals surface area contributed by atoms with Gasteiger partial charge < -0.3 is 26.2 Å². The summed E-state index contributed by atoms with van der Waals surface area (Å²) in [5, 5.41) is 20.8. The number of quaternary nitrogens is 1. The molecule has 1 fully saturated rings. The van der Waals surface area contributed by atoms with Crippen molar-refractivity contribution in [1.29, 1.82) is 0 Å². The first-order valence-corrected chi connectivity index (χ1v) is 10.3. The Labute approximate surface area is 176 Å². The number of nitrogens with two attached hydrogens (primary N) is 1. The highest BCUT2D eigenvalue weighted by atomic mass is 19.1. The molecular formula is C23H28FN5O. The van der Waals surface area contributed by atoms with Crippen molar-refractivity contribution in [3.63, 3.8) is 0 Å². The van der Waals surface area contributed by atoms with Crippen LogP contribution in [0.15, 0.2) is 36.4 Å². The molecule has 2 aromatic carbocycles. The van der Waals surface area contributed by atoms with Gasteiger partial charge in [-0.15, -0.1) is 0 Å². The molecular weight excluding hydrogens is 381 g/mol. The Bertz CT molecular complexity index is 1090. The van der Waals surface area contributed by atoms with E-state index in [0.717, 1.165) is 28.0 Å². The van der Waals surface area contributed by atoms with Crippen molar-refractivity contribution in [2.75, 3.05) is 37.2 Å². The monoisotopic (exact) mass is 409 g/mol. The summed E-state index contributed by atoms with van der Waals surface area (Å²) >= 11 is 0. The van der Waals surface area contributed by atoms with Crippen LogP contribution in [0.2, 0.25) is 0 Å². The molecule has 0 spiro atoms. The number of aryl methyl sites for hydroxylation is 2. The van der Waals surface area contributed by atoms with Gasteiger partial charge in [-0.25, -0.2) is 4.39 Å². The van der Waals surface area contributed by atoms with Gasteiger partial charge in [0, 0.05) is 53.2 Å². The maximum atomic E-state index is 14.7. The van der Waals surface area contributed by atoms with Gasteiger partial charge in [-0.3, -0.25) is 4.98 Å². The van der Waals surface area contributed by atoms with Crippen LogP contribution >= 0.6 is 0 Å². The number of nitrogen functional groups attached to an aromatic ring is 1. The average Bonchev–Trinajstić information content (AvgIpc) is 2.70. The molecule has 2 heterocycles. The molecule has 1 aromatic heterocycles. The highest BCUT2D eigenvalue weighted by molar-refractivity contribution is 5.94. The molecule has 0 saturated carbocycles. The minimum Gasteiger partial charge on any atom is -0.627 e. The van der Waals surface area contributed by atoms with E-state index in [0.29, 0.717) is 43.0 Å². The number of piperazine rings is 1. The zero-order chi connectivity index (χ0) is 21.5. The number of hydrogen-bond donors (Lipinski definition) is 3. The van der Waals surface area contributed by atoms with Gasteiger partial charge in [-0.1, -0.05) is 0 Å². The number of fused-ring (bicyclic) bond motifs is 1. The molecule has 4 N–H and O–H groups in total. The van der Waals surface area contributed by atoms with Gasteiger partial charge in [0.2, 0.25) is 0 Å². The van der Waals surface area contributed by atoms with E-state index in [1.54, 1.807) is 19.1 Å². The SMILES string of the molecule is Cc1cc(NC(C)c2cc(N)cc(C)c2F)c2cc([N+]3([O-])CCNCC3)ccc2n1. The number of benzene rings is 2. The highest BCUT2D eigenvalue weighted by Gasteiger charge is 2.24. The average molecular weight is 410 g/mol. The molecule has 1 saturated heterocycles. The first kappa shape index (κ1) is 20.5. The quantitative estimate of drug-likeness (QED) is 0.342. The van der Waals surface area contributed by atoms with Crippen molar-refractivity contribution in [2.24, 2.45) is 0 Å². The zero-order valence-corrected chi connectivity index (χ0v) is 17.6. The molecule has 158 valence electrons. The van der Waals surface area contributed by atoms with Gasteiger partial charge in [-0.2, -0.15) is 0 Å². The Morgan fingerprint density at radius 3 is 2.63 bits per heavy atom. The van der Waals surface area contributed by atoms with E-state index in [9.17, 15) is 9.60 Å². The fourth-order valence-corrected chi connectivity index (χ4v) is 4.19. The maximum Gasteiger partial charge on any atom is 0.133 e. The van der Waals surface area contributed by atoms with Crippen LogP contribution in [0.1, 0.15) is 29.8 Å². The molecule has 4 rings (SSSR count). The summed E-state index contributed by atoms with van der Waals surface area (Å²) in [6.45, 7) is 7.93. The lowest BCUT2D eigenvalue weighted by molar-refractivity contribution is 0.321. The van der Waals surface area contributed by atoms with E-state index >= 15 is 0 Å². The van der Waals surface area contributed by atoms with Crippen LogP contribution in [0.25, 0.3) is 10.9 Å². The Hall–Kier alpha value is -2.74. The molecule has 1 aliphatic rings. The predicted molar refractivity (Wildman–Crippen MR) is 122 cm³/mol. The van der Waals surface area contributed by atoms with Crippen molar-refractivity contribution >= 4 is 28.0 Å². The number of nitrogens with one attached hydrogen (secondary N) is 2. The Morgan fingerprint density at radius 2 is 1.90 bits per heavy atom. The van der Waals surface area contributed by atoms with E-state index in [-0.39, 0.29) is 16.5 Å². The van der Waals surface area contributed by atoms with Crippen LogP contribution in [0.5, 0.6) is 0 Å². The van der Waals surface area contributed by atoms with Crippen molar-refractivity contribution in [1.82, 2.24) is 14.9 Å². The molecule has 30 heavy (non-hydrogen) atoms. The third-order valence-corrected chi connectivity index (χ3v) is 5.83. The van der Waals surface area contributed by atoms with Gasteiger partial charge in [0.05, 0.1) is 24.6 Å². The van der Waals surface area contributed by atoms with Crippen LogP contribution < -0.4 is 21.0 Å². The summed E-state index contributed by atoms with van der Waals surface area (Å²) in [5.41, 5.74) is 10.7. The number of halogens is 1. The van der Waals surface area contributed by atoms with Crippen molar-refractivity contribution in [3.8, 4) is 0 Å². The number of pyridine rings is 1. The second-order valence-corrected chi connectivity index (χ2v) is 8.21. The number of rotatable bonds is 4. The van der Waals surface area contributed by atoms with Crippen LogP contribution in [0.4, 0.5) is 21.5 Å². The van der Waals surface area contributed by atoms with Crippen LogP contribution in [-0.2, 0) is 0 Å². The van der Waals surface area contributed by atoms with Gasteiger partial charge in [-0.05, 0) is 50.6 Å². The highest BCUT2D eigenvalue weighted by Crippen LogP contribution is 2.33. The fraction of sp³-hybridized carbons (Fsp3) is 0.348. The summed E-state index contributed by atoms with van der Waals surface area (Å²) in [7, 11) is 0. The van der Waals surface area contributed by atoms with Crippen LogP contribution in [0, 0.1) is 24.9 Å². The molecule has 0 aliphatic carbocycles. The Kier molecular flexibility index (Phi) is 5.36. The molecule has 6 nitrogen and oxygen atoms in total. The molecule has 1 unspecified atom stereocenters. The van der Waals surface area contributed by atoms with E-state index in [2.05, 4.69) is 15.6 Å². The van der Waals surface area contributed by atoms with Gasteiger partial charge >= 0.3 is 0 Å². The second kappa shape index (κ2) is 7.83. The summed E-state index contributed by atoms with van der Waals surface area (Å²) in [6, 6.07) is 10.6. The van der Waals surface area contributed by atoms with Gasteiger partial charge in [0.25, 0.3) is 0 Å². The molecule has 0 bridgehead atoms. The third kappa shape index (κ3) is 3.84. The molecule has 1 atom stereocenters. The number of anilines is 2. The number of hydroxylamine groups is 2. The van der Waals surface area contributed by atoms with Crippen LogP contribution in [-0.4, -0.2) is 31.2 Å². The smallest absolute Gasteiger partial charge is 0.133 e.